The first-order valence-corrected chi connectivity index (χ1v) is 5.61. The van der Waals surface area contributed by atoms with Gasteiger partial charge < -0.3 is 25.8 Å². The summed E-state index contributed by atoms with van der Waals surface area (Å²) in [6, 6.07) is 1.20. The van der Waals surface area contributed by atoms with Crippen LogP contribution in [0, 0.1) is 0 Å². The quantitative estimate of drug-likeness (QED) is 0.510. The molecule has 8 nitrogen and oxygen atoms in total. The molecule has 1 fully saturated rings. The molecule has 0 unspecified atom stereocenters. The highest BCUT2D eigenvalue weighted by atomic mass is 19.3. The summed E-state index contributed by atoms with van der Waals surface area (Å²) in [5.74, 6) is -0.0958. The van der Waals surface area contributed by atoms with Gasteiger partial charge in [0.25, 0.3) is 6.43 Å². The molecular weight excluding hydrogens is 280 g/mol. The molecule has 0 bridgehead atoms. The molecule has 1 saturated heterocycles. The Bertz CT molecular complexity index is 554. The Morgan fingerprint density at radius 3 is 2.65 bits per heavy atom. The fraction of sp³-hybridized carbons (Fsp3) is 0.600. The molecule has 2 rings (SSSR count). The first kappa shape index (κ1) is 14.8. The summed E-state index contributed by atoms with van der Waals surface area (Å²) < 4.78 is 31.6. The van der Waals surface area contributed by atoms with Crippen molar-refractivity contribution in [2.75, 3.05) is 12.3 Å². The van der Waals surface area contributed by atoms with E-state index in [4.69, 9.17) is 15.6 Å². The van der Waals surface area contributed by atoms with E-state index in [2.05, 4.69) is 4.98 Å². The lowest BCUT2D eigenvalue weighted by Crippen LogP contribution is -2.52. The molecule has 4 atom stereocenters. The van der Waals surface area contributed by atoms with Crippen molar-refractivity contribution in [3.63, 3.8) is 0 Å². The van der Waals surface area contributed by atoms with Crippen LogP contribution in [-0.2, 0) is 4.74 Å². The number of halogens is 2. The van der Waals surface area contributed by atoms with Gasteiger partial charge in [0.2, 0.25) is 0 Å². The molecule has 0 spiro atoms. The third-order valence-electron chi connectivity index (χ3n) is 3.20. The van der Waals surface area contributed by atoms with Crippen LogP contribution in [0.25, 0.3) is 0 Å². The van der Waals surface area contributed by atoms with E-state index in [1.165, 1.54) is 6.07 Å². The minimum absolute atomic E-state index is 0.0958. The molecular formula is C10H13F2N3O5. The van der Waals surface area contributed by atoms with Crippen molar-refractivity contribution in [2.24, 2.45) is 0 Å². The minimum Gasteiger partial charge on any atom is -0.393 e. The third-order valence-corrected chi connectivity index (χ3v) is 3.20. The highest BCUT2D eigenvalue weighted by Gasteiger charge is 2.60. The van der Waals surface area contributed by atoms with Crippen LogP contribution in [0.1, 0.15) is 6.23 Å². The summed E-state index contributed by atoms with van der Waals surface area (Å²) in [5.41, 5.74) is 1.68. The van der Waals surface area contributed by atoms with E-state index in [1.54, 1.807) is 0 Å². The van der Waals surface area contributed by atoms with E-state index in [0.29, 0.717) is 4.57 Å². The second-order valence-corrected chi connectivity index (χ2v) is 4.40. The fourth-order valence-electron chi connectivity index (χ4n) is 2.03. The van der Waals surface area contributed by atoms with Gasteiger partial charge in [-0.2, -0.15) is 4.98 Å². The molecule has 5 N–H and O–H groups in total. The number of nitrogen functional groups attached to an aromatic ring is 1. The first-order valence-electron chi connectivity index (χ1n) is 5.61. The van der Waals surface area contributed by atoms with E-state index in [-0.39, 0.29) is 5.82 Å². The van der Waals surface area contributed by atoms with E-state index in [9.17, 15) is 23.8 Å². The van der Waals surface area contributed by atoms with Gasteiger partial charge in [-0.05, 0) is 6.07 Å². The molecule has 10 heteroatoms. The summed E-state index contributed by atoms with van der Waals surface area (Å²) in [6.45, 7) is -1.23. The van der Waals surface area contributed by atoms with E-state index >= 15 is 0 Å². The Balaban J connectivity index is 2.42. The Labute approximate surface area is 111 Å². The monoisotopic (exact) mass is 293 g/mol. The SMILES string of the molecule is Nc1ccn([C@@H]2O[C@@](CO)(C(F)F)[C@H](O)[C@H]2O)c(=O)n1. The number of alkyl halides is 2. The molecule has 20 heavy (non-hydrogen) atoms. The van der Waals surface area contributed by atoms with E-state index in [0.717, 1.165) is 6.20 Å². The predicted octanol–water partition coefficient (Wildman–Crippen LogP) is -1.93. The first-order chi connectivity index (χ1) is 9.33. The molecule has 1 aliphatic heterocycles. The van der Waals surface area contributed by atoms with Crippen molar-refractivity contribution in [2.45, 2.75) is 30.5 Å². The molecule has 2 heterocycles. The summed E-state index contributed by atoms with van der Waals surface area (Å²) >= 11 is 0. The van der Waals surface area contributed by atoms with Gasteiger partial charge in [0.05, 0.1) is 6.61 Å². The number of aromatic nitrogens is 2. The maximum absolute atomic E-state index is 13.0. The highest BCUT2D eigenvalue weighted by molar-refractivity contribution is 5.23. The van der Waals surface area contributed by atoms with Gasteiger partial charge in [0.1, 0.15) is 18.0 Å². The second kappa shape index (κ2) is 5.05. The number of rotatable bonds is 3. The van der Waals surface area contributed by atoms with Crippen LogP contribution in [0.15, 0.2) is 17.1 Å². The molecule has 0 saturated carbocycles. The zero-order valence-electron chi connectivity index (χ0n) is 10.1. The Morgan fingerprint density at radius 1 is 1.55 bits per heavy atom. The van der Waals surface area contributed by atoms with Gasteiger partial charge in [0, 0.05) is 6.20 Å². The Hall–Kier alpha value is -1.62. The van der Waals surface area contributed by atoms with E-state index < -0.39 is 42.8 Å². The van der Waals surface area contributed by atoms with Crippen LogP contribution in [0.5, 0.6) is 0 Å². The largest absolute Gasteiger partial charge is 0.393 e. The Morgan fingerprint density at radius 2 is 2.20 bits per heavy atom. The summed E-state index contributed by atoms with van der Waals surface area (Å²) in [7, 11) is 0. The summed E-state index contributed by atoms with van der Waals surface area (Å²) in [4.78, 5) is 15.0. The lowest BCUT2D eigenvalue weighted by Gasteiger charge is -2.28. The van der Waals surface area contributed by atoms with Crippen LogP contribution in [0.2, 0.25) is 0 Å². The predicted molar refractivity (Wildman–Crippen MR) is 60.9 cm³/mol. The van der Waals surface area contributed by atoms with Crippen molar-refractivity contribution in [3.8, 4) is 0 Å². The van der Waals surface area contributed by atoms with Crippen LogP contribution >= 0.6 is 0 Å². The number of nitrogens with zero attached hydrogens (tertiary/aromatic N) is 2. The maximum Gasteiger partial charge on any atom is 0.351 e. The smallest absolute Gasteiger partial charge is 0.351 e. The van der Waals surface area contributed by atoms with E-state index in [1.807, 2.05) is 0 Å². The molecule has 112 valence electrons. The Kier molecular flexibility index (Phi) is 3.73. The van der Waals surface area contributed by atoms with Crippen molar-refractivity contribution in [1.29, 1.82) is 0 Å². The van der Waals surface area contributed by atoms with Gasteiger partial charge in [-0.1, -0.05) is 0 Å². The molecule has 1 aromatic rings. The van der Waals surface area contributed by atoms with Crippen LogP contribution in [0.3, 0.4) is 0 Å². The molecule has 0 aromatic carbocycles. The highest BCUT2D eigenvalue weighted by Crippen LogP contribution is 2.40. The van der Waals surface area contributed by atoms with Gasteiger partial charge in [-0.15, -0.1) is 0 Å². The minimum atomic E-state index is -3.26. The number of hydrogen-bond acceptors (Lipinski definition) is 7. The normalized spacial score (nSPS) is 33.8. The summed E-state index contributed by atoms with van der Waals surface area (Å²) in [5, 5.41) is 28.5. The summed E-state index contributed by atoms with van der Waals surface area (Å²) in [6.07, 6.45) is -7.68. The average Bonchev–Trinajstić information content (AvgIpc) is 2.64. The van der Waals surface area contributed by atoms with Gasteiger partial charge in [0.15, 0.2) is 11.8 Å². The van der Waals surface area contributed by atoms with Crippen molar-refractivity contribution < 1.29 is 28.8 Å². The number of ether oxygens (including phenoxy) is 1. The fourth-order valence-corrected chi connectivity index (χ4v) is 2.03. The molecule has 0 amide bonds. The number of aliphatic hydroxyl groups excluding tert-OH is 3. The second-order valence-electron chi connectivity index (χ2n) is 4.40. The number of nitrogens with two attached hydrogens (primary N) is 1. The topological polar surface area (TPSA) is 131 Å². The number of aliphatic hydroxyl groups is 3. The zero-order chi connectivity index (χ0) is 15.1. The third kappa shape index (κ3) is 2.06. The molecule has 0 aliphatic carbocycles. The standard InChI is InChI=1S/C10H13F2N3O5/c11-8(12)10(3-16)6(18)5(17)7(20-10)15-2-1-4(13)14-9(15)19/h1-2,5-8,16-18H,3H2,(H2,13,14,19)/t5-,6-,7-,10-/m1/s1. The van der Waals surface area contributed by atoms with Crippen molar-refractivity contribution in [3.05, 3.63) is 22.7 Å². The lowest BCUT2D eigenvalue weighted by molar-refractivity contribution is -0.195. The molecule has 1 aliphatic rings. The number of hydrogen-bond donors (Lipinski definition) is 4. The van der Waals surface area contributed by atoms with Crippen LogP contribution in [-0.4, -0.2) is 55.7 Å². The van der Waals surface area contributed by atoms with Gasteiger partial charge >= 0.3 is 5.69 Å². The number of anilines is 1. The molecule has 1 aromatic heterocycles. The van der Waals surface area contributed by atoms with Crippen molar-refractivity contribution in [1.82, 2.24) is 9.55 Å². The van der Waals surface area contributed by atoms with Crippen LogP contribution in [0.4, 0.5) is 14.6 Å². The zero-order valence-corrected chi connectivity index (χ0v) is 10.1. The van der Waals surface area contributed by atoms with Gasteiger partial charge in [-0.3, -0.25) is 4.57 Å². The molecule has 0 radical (unpaired) electrons. The van der Waals surface area contributed by atoms with Crippen molar-refractivity contribution >= 4 is 5.82 Å². The lowest BCUT2D eigenvalue weighted by atomic mass is 9.96. The maximum atomic E-state index is 13.0. The average molecular weight is 293 g/mol. The van der Waals surface area contributed by atoms with Crippen LogP contribution < -0.4 is 11.4 Å². The van der Waals surface area contributed by atoms with Gasteiger partial charge in [-0.25, -0.2) is 13.6 Å².